The maximum absolute atomic E-state index is 12.1. The lowest BCUT2D eigenvalue weighted by atomic mass is 10.1. The molecule has 0 N–H and O–H groups in total. The normalized spacial score (nSPS) is 18.6. The average molecular weight is 269 g/mol. The number of carbonyl (C=O) groups excluding carboxylic acids is 1. The summed E-state index contributed by atoms with van der Waals surface area (Å²) in [6.07, 6.45) is 5.26. The van der Waals surface area contributed by atoms with Gasteiger partial charge in [-0.25, -0.2) is 0 Å². The minimum Gasteiger partial charge on any atom is -0.346 e. The SMILES string of the molecule is Cc1cc(/C=C(\C#N)C(=O)N2CCC2)c(C)n1C1CC1. The molecular weight excluding hydrogens is 250 g/mol. The molecule has 104 valence electrons. The fourth-order valence-electron chi connectivity index (χ4n) is 2.83. The molecule has 4 nitrogen and oxygen atoms in total. The number of rotatable bonds is 3. The number of aryl methyl sites for hydroxylation is 1. The summed E-state index contributed by atoms with van der Waals surface area (Å²) in [4.78, 5) is 13.9. The lowest BCUT2D eigenvalue weighted by Gasteiger charge is -2.30. The molecule has 2 heterocycles. The summed E-state index contributed by atoms with van der Waals surface area (Å²) >= 11 is 0. The van der Waals surface area contributed by atoms with Crippen molar-refractivity contribution in [2.45, 2.75) is 39.2 Å². The van der Waals surface area contributed by atoms with E-state index in [4.69, 9.17) is 0 Å². The maximum atomic E-state index is 12.1. The zero-order chi connectivity index (χ0) is 14.3. The molecule has 1 saturated carbocycles. The molecule has 1 aromatic heterocycles. The Hall–Kier alpha value is -2.02. The topological polar surface area (TPSA) is 49.0 Å². The Morgan fingerprint density at radius 3 is 2.60 bits per heavy atom. The van der Waals surface area contributed by atoms with Gasteiger partial charge in [-0.3, -0.25) is 4.79 Å². The van der Waals surface area contributed by atoms with Crippen LogP contribution < -0.4 is 0 Å². The number of nitrogens with zero attached hydrogens (tertiary/aromatic N) is 3. The van der Waals surface area contributed by atoms with Crippen molar-refractivity contribution >= 4 is 12.0 Å². The predicted octanol–water partition coefficient (Wildman–Crippen LogP) is 2.58. The molecule has 1 aromatic rings. The van der Waals surface area contributed by atoms with Gasteiger partial charge in [0, 0.05) is 30.5 Å². The van der Waals surface area contributed by atoms with Gasteiger partial charge < -0.3 is 9.47 Å². The van der Waals surface area contributed by atoms with Crippen LogP contribution >= 0.6 is 0 Å². The van der Waals surface area contributed by atoms with Gasteiger partial charge in [0.2, 0.25) is 0 Å². The van der Waals surface area contributed by atoms with Crippen LogP contribution in [0.15, 0.2) is 11.6 Å². The Morgan fingerprint density at radius 1 is 1.40 bits per heavy atom. The van der Waals surface area contributed by atoms with E-state index < -0.39 is 0 Å². The molecule has 2 fully saturated rings. The highest BCUT2D eigenvalue weighted by molar-refractivity contribution is 6.02. The van der Waals surface area contributed by atoms with E-state index in [1.807, 2.05) is 0 Å². The molecular formula is C16H19N3O. The molecule has 0 unspecified atom stereocenters. The van der Waals surface area contributed by atoms with Crippen LogP contribution in [0.25, 0.3) is 6.08 Å². The number of aromatic nitrogens is 1. The van der Waals surface area contributed by atoms with E-state index in [2.05, 4.69) is 30.6 Å². The van der Waals surface area contributed by atoms with Gasteiger partial charge in [-0.1, -0.05) is 0 Å². The van der Waals surface area contributed by atoms with Crippen LogP contribution in [0, 0.1) is 25.2 Å². The Bertz CT molecular complexity index is 625. The first-order valence-electron chi connectivity index (χ1n) is 7.21. The average Bonchev–Trinajstić information content (AvgIpc) is 3.12. The van der Waals surface area contributed by atoms with E-state index >= 15 is 0 Å². The lowest BCUT2D eigenvalue weighted by Crippen LogP contribution is -2.42. The molecule has 20 heavy (non-hydrogen) atoms. The third-order valence-electron chi connectivity index (χ3n) is 4.23. The molecule has 1 saturated heterocycles. The first-order chi connectivity index (χ1) is 9.61. The van der Waals surface area contributed by atoms with E-state index in [1.54, 1.807) is 11.0 Å². The van der Waals surface area contributed by atoms with Gasteiger partial charge in [-0.05, 0) is 50.8 Å². The van der Waals surface area contributed by atoms with Crippen LogP contribution in [0.2, 0.25) is 0 Å². The second kappa shape index (κ2) is 4.82. The van der Waals surface area contributed by atoms with Gasteiger partial charge in [0.25, 0.3) is 5.91 Å². The van der Waals surface area contributed by atoms with Crippen LogP contribution in [0.1, 0.15) is 42.3 Å². The molecule has 0 aromatic carbocycles. The highest BCUT2D eigenvalue weighted by Gasteiger charge is 2.27. The third kappa shape index (κ3) is 2.14. The fourth-order valence-corrected chi connectivity index (χ4v) is 2.83. The fraction of sp³-hybridized carbons (Fsp3) is 0.500. The minimum atomic E-state index is -0.130. The van der Waals surface area contributed by atoms with Gasteiger partial charge in [0.1, 0.15) is 11.6 Å². The van der Waals surface area contributed by atoms with Crippen molar-refractivity contribution in [1.29, 1.82) is 5.26 Å². The standard InChI is InChI=1S/C16H19N3O/c1-11-8-13(12(2)19(11)15-4-5-15)9-14(10-17)16(20)18-6-3-7-18/h8-9,15H,3-7H2,1-2H3/b14-9+. The molecule has 0 atom stereocenters. The highest BCUT2D eigenvalue weighted by Crippen LogP contribution is 2.38. The summed E-state index contributed by atoms with van der Waals surface area (Å²) in [6.45, 7) is 5.71. The molecule has 2 aliphatic rings. The number of hydrogen-bond donors (Lipinski definition) is 0. The van der Waals surface area contributed by atoms with E-state index in [0.717, 1.165) is 30.8 Å². The Kier molecular flexibility index (Phi) is 3.13. The smallest absolute Gasteiger partial charge is 0.264 e. The van der Waals surface area contributed by atoms with Crippen LogP contribution in [0.5, 0.6) is 0 Å². The minimum absolute atomic E-state index is 0.130. The molecule has 1 aliphatic carbocycles. The maximum Gasteiger partial charge on any atom is 0.264 e. The van der Waals surface area contributed by atoms with Crippen molar-refractivity contribution in [2.75, 3.05) is 13.1 Å². The van der Waals surface area contributed by atoms with Crippen molar-refractivity contribution in [2.24, 2.45) is 0 Å². The molecule has 4 heteroatoms. The van der Waals surface area contributed by atoms with Gasteiger partial charge >= 0.3 is 0 Å². The highest BCUT2D eigenvalue weighted by atomic mass is 16.2. The second-order valence-corrected chi connectivity index (χ2v) is 5.74. The summed E-state index contributed by atoms with van der Waals surface area (Å²) < 4.78 is 2.33. The van der Waals surface area contributed by atoms with Crippen molar-refractivity contribution in [3.05, 3.63) is 28.6 Å². The van der Waals surface area contributed by atoms with Crippen LogP contribution in [-0.2, 0) is 4.79 Å². The predicted molar refractivity (Wildman–Crippen MR) is 77.0 cm³/mol. The van der Waals surface area contributed by atoms with E-state index in [-0.39, 0.29) is 11.5 Å². The molecule has 3 rings (SSSR count). The van der Waals surface area contributed by atoms with Crippen molar-refractivity contribution in [3.8, 4) is 6.07 Å². The third-order valence-corrected chi connectivity index (χ3v) is 4.23. The van der Waals surface area contributed by atoms with Gasteiger partial charge in [0.15, 0.2) is 0 Å². The van der Waals surface area contributed by atoms with Crippen molar-refractivity contribution in [3.63, 3.8) is 0 Å². The molecule has 0 spiro atoms. The molecule has 0 bridgehead atoms. The first kappa shape index (κ1) is 13.0. The van der Waals surface area contributed by atoms with E-state index in [9.17, 15) is 10.1 Å². The zero-order valence-electron chi connectivity index (χ0n) is 12.0. The summed E-state index contributed by atoms with van der Waals surface area (Å²) in [5, 5.41) is 9.24. The number of amides is 1. The second-order valence-electron chi connectivity index (χ2n) is 5.74. The number of carbonyl (C=O) groups is 1. The Balaban J connectivity index is 1.91. The first-order valence-corrected chi connectivity index (χ1v) is 7.21. The van der Waals surface area contributed by atoms with E-state index in [0.29, 0.717) is 6.04 Å². The van der Waals surface area contributed by atoms with Crippen molar-refractivity contribution in [1.82, 2.24) is 9.47 Å². The zero-order valence-corrected chi connectivity index (χ0v) is 12.0. The van der Waals surface area contributed by atoms with Crippen LogP contribution in [0.3, 0.4) is 0 Å². The summed E-state index contributed by atoms with van der Waals surface area (Å²) in [5.74, 6) is -0.130. The molecule has 0 radical (unpaired) electrons. The molecule has 1 amide bonds. The monoisotopic (exact) mass is 269 g/mol. The molecule has 1 aliphatic heterocycles. The number of nitriles is 1. The summed E-state index contributed by atoms with van der Waals surface area (Å²) in [6, 6.07) is 4.76. The van der Waals surface area contributed by atoms with Gasteiger partial charge in [0.05, 0.1) is 0 Å². The van der Waals surface area contributed by atoms with Gasteiger partial charge in [-0.2, -0.15) is 5.26 Å². The summed E-state index contributed by atoms with van der Waals surface area (Å²) in [5.41, 5.74) is 3.62. The quantitative estimate of drug-likeness (QED) is 0.625. The van der Waals surface area contributed by atoms with Gasteiger partial charge in [-0.15, -0.1) is 0 Å². The largest absolute Gasteiger partial charge is 0.346 e. The number of likely N-dealkylation sites (tertiary alicyclic amines) is 1. The van der Waals surface area contributed by atoms with Crippen LogP contribution in [-0.4, -0.2) is 28.5 Å². The van der Waals surface area contributed by atoms with Crippen LogP contribution in [0.4, 0.5) is 0 Å². The Morgan fingerprint density at radius 2 is 2.10 bits per heavy atom. The van der Waals surface area contributed by atoms with E-state index in [1.165, 1.54) is 18.5 Å². The Labute approximate surface area is 119 Å². The number of hydrogen-bond acceptors (Lipinski definition) is 2. The summed E-state index contributed by atoms with van der Waals surface area (Å²) in [7, 11) is 0. The lowest BCUT2D eigenvalue weighted by molar-refractivity contribution is -0.129. The van der Waals surface area contributed by atoms with Crippen molar-refractivity contribution < 1.29 is 4.79 Å².